The third-order valence-corrected chi connectivity index (χ3v) is 13.1. The Hall–Kier alpha value is -3.34. The number of nitrogens with zero attached hydrogens (tertiary/aromatic N) is 1. The topological polar surface area (TPSA) is 92.8 Å². The first kappa shape index (κ1) is 34.1. The molecule has 11 heteroatoms. The Morgan fingerprint density at radius 2 is 1.37 bits per heavy atom. The fourth-order valence-electron chi connectivity index (χ4n) is 7.10. The highest BCUT2D eigenvalue weighted by molar-refractivity contribution is 7.91. The van der Waals surface area contributed by atoms with E-state index in [1.54, 1.807) is 38.5 Å². The highest BCUT2D eigenvalue weighted by atomic mass is 32.2. The first-order chi connectivity index (χ1) is 23.9. The van der Waals surface area contributed by atoms with Crippen molar-refractivity contribution in [2.24, 2.45) is 0 Å². The van der Waals surface area contributed by atoms with Gasteiger partial charge in [0.15, 0.2) is 9.84 Å². The number of hydrogen-bond donors (Lipinski definition) is 0. The molecule has 0 amide bonds. The van der Waals surface area contributed by atoms with E-state index in [1.807, 2.05) is 72.8 Å². The van der Waals surface area contributed by atoms with Crippen molar-refractivity contribution in [1.82, 2.24) is 4.67 Å². The van der Waals surface area contributed by atoms with E-state index < -0.39 is 30.1 Å². The maximum atomic E-state index is 13.3. The molecular formula is C38H42NO8PS. The minimum absolute atomic E-state index is 0.0111. The lowest BCUT2D eigenvalue weighted by atomic mass is 9.79. The molecule has 0 saturated carbocycles. The SMILES string of the molecule is COc1ccc(C(O[C@@H]2CCO[C@@H]2CO[P@]2O[C@H](CS(=O)(=O)c3ccccc3)[C@@H]3CCCN32)(c2ccccc2)c2ccc(OC)cc2)cc1. The number of benzene rings is 4. The van der Waals surface area contributed by atoms with Crippen molar-refractivity contribution in [3.8, 4) is 11.5 Å². The smallest absolute Gasteiger partial charge is 0.259 e. The molecule has 0 N–H and O–H groups in total. The quantitative estimate of drug-likeness (QED) is 0.111. The van der Waals surface area contributed by atoms with Crippen LogP contribution in [0, 0.1) is 0 Å². The summed E-state index contributed by atoms with van der Waals surface area (Å²) in [5, 5.41) is 0. The van der Waals surface area contributed by atoms with Gasteiger partial charge in [-0.1, -0.05) is 72.8 Å². The molecule has 3 heterocycles. The molecule has 0 unspecified atom stereocenters. The van der Waals surface area contributed by atoms with E-state index in [2.05, 4.69) is 16.8 Å². The predicted octanol–water partition coefficient (Wildman–Crippen LogP) is 6.75. The Morgan fingerprint density at radius 1 is 0.776 bits per heavy atom. The van der Waals surface area contributed by atoms with Crippen molar-refractivity contribution in [1.29, 1.82) is 0 Å². The summed E-state index contributed by atoms with van der Waals surface area (Å²) in [6, 6.07) is 34.8. The number of sulfone groups is 1. The van der Waals surface area contributed by atoms with Gasteiger partial charge in [0.25, 0.3) is 8.53 Å². The minimum atomic E-state index is -3.51. The summed E-state index contributed by atoms with van der Waals surface area (Å²) in [6.07, 6.45) is 1.41. The lowest BCUT2D eigenvalue weighted by Crippen LogP contribution is -2.41. The lowest BCUT2D eigenvalue weighted by molar-refractivity contribution is -0.0877. The Labute approximate surface area is 289 Å². The average molecular weight is 704 g/mol. The molecule has 0 radical (unpaired) electrons. The second-order valence-corrected chi connectivity index (χ2v) is 16.0. The molecule has 0 aliphatic carbocycles. The zero-order chi connectivity index (χ0) is 33.8. The van der Waals surface area contributed by atoms with Gasteiger partial charge in [0.2, 0.25) is 0 Å². The van der Waals surface area contributed by atoms with Gasteiger partial charge in [-0.3, -0.25) is 0 Å². The molecule has 3 aliphatic heterocycles. The first-order valence-electron chi connectivity index (χ1n) is 16.7. The van der Waals surface area contributed by atoms with Crippen LogP contribution in [0.4, 0.5) is 0 Å². The van der Waals surface area contributed by atoms with Crippen LogP contribution in [0.3, 0.4) is 0 Å². The zero-order valence-electron chi connectivity index (χ0n) is 27.7. The fourth-order valence-corrected chi connectivity index (χ4v) is 10.6. The molecule has 9 nitrogen and oxygen atoms in total. The Kier molecular flexibility index (Phi) is 10.4. The summed E-state index contributed by atoms with van der Waals surface area (Å²) in [5.41, 5.74) is 1.88. The first-order valence-corrected chi connectivity index (χ1v) is 19.5. The third kappa shape index (κ3) is 7.01. The van der Waals surface area contributed by atoms with Crippen LogP contribution in [0.1, 0.15) is 36.0 Å². The van der Waals surface area contributed by atoms with Gasteiger partial charge >= 0.3 is 0 Å². The molecule has 4 aromatic carbocycles. The largest absolute Gasteiger partial charge is 0.497 e. The van der Waals surface area contributed by atoms with E-state index in [1.165, 1.54) is 0 Å². The lowest BCUT2D eigenvalue weighted by Gasteiger charge is -2.39. The predicted molar refractivity (Wildman–Crippen MR) is 188 cm³/mol. The van der Waals surface area contributed by atoms with Crippen LogP contribution in [0.25, 0.3) is 0 Å². The molecule has 4 aromatic rings. The van der Waals surface area contributed by atoms with Gasteiger partial charge in [-0.05, 0) is 72.4 Å². The van der Waals surface area contributed by atoms with Gasteiger partial charge in [0.05, 0.1) is 43.7 Å². The summed E-state index contributed by atoms with van der Waals surface area (Å²) in [6.45, 7) is 1.60. The molecule has 3 fully saturated rings. The van der Waals surface area contributed by atoms with Crippen LogP contribution in [-0.4, -0.2) is 77.2 Å². The average Bonchev–Trinajstić information content (AvgIpc) is 3.89. The normalized spacial score (nSPS) is 24.2. The zero-order valence-corrected chi connectivity index (χ0v) is 29.4. The van der Waals surface area contributed by atoms with Crippen molar-refractivity contribution in [2.45, 2.75) is 54.1 Å². The van der Waals surface area contributed by atoms with E-state index in [-0.39, 0.29) is 30.6 Å². The number of ether oxygens (including phenoxy) is 4. The summed E-state index contributed by atoms with van der Waals surface area (Å²) in [4.78, 5) is 0.315. The summed E-state index contributed by atoms with van der Waals surface area (Å²) >= 11 is 0. The second kappa shape index (κ2) is 14.9. The summed E-state index contributed by atoms with van der Waals surface area (Å²) < 4.78 is 66.3. The monoisotopic (exact) mass is 703 g/mol. The van der Waals surface area contributed by atoms with Crippen molar-refractivity contribution in [3.63, 3.8) is 0 Å². The van der Waals surface area contributed by atoms with Crippen LogP contribution in [0.2, 0.25) is 0 Å². The highest BCUT2D eigenvalue weighted by Gasteiger charge is 2.49. The van der Waals surface area contributed by atoms with Gasteiger partial charge in [-0.2, -0.15) is 0 Å². The number of fused-ring (bicyclic) bond motifs is 1. The van der Waals surface area contributed by atoms with Crippen molar-refractivity contribution in [3.05, 3.63) is 126 Å². The van der Waals surface area contributed by atoms with E-state index >= 15 is 0 Å². The standard InChI is InChI=1S/C38H42NO8PS/c1-42-31-19-15-29(16-20-31)38(28-10-5-3-6-11-28,30-17-21-32(43-2)22-18-30)46-35-23-25-44-36(35)26-45-48-39-24-9-14-34(39)37(47-48)27-49(40,41)33-12-7-4-8-13-33/h3-8,10-13,15-22,34-37H,9,14,23-27H2,1-2H3/t34-,35+,36+,37+,48+/m0/s1. The molecule has 7 rings (SSSR count). The Morgan fingerprint density at radius 3 is 1.98 bits per heavy atom. The molecule has 3 aliphatic rings. The van der Waals surface area contributed by atoms with Crippen molar-refractivity contribution >= 4 is 18.4 Å². The van der Waals surface area contributed by atoms with Gasteiger partial charge in [0.1, 0.15) is 23.2 Å². The van der Waals surface area contributed by atoms with Crippen molar-refractivity contribution < 1.29 is 36.4 Å². The maximum Gasteiger partial charge on any atom is 0.259 e. The van der Waals surface area contributed by atoms with Crippen LogP contribution in [0.15, 0.2) is 114 Å². The second-order valence-electron chi connectivity index (χ2n) is 12.5. The number of rotatable bonds is 13. The molecule has 5 atom stereocenters. The highest BCUT2D eigenvalue weighted by Crippen LogP contribution is 2.56. The minimum Gasteiger partial charge on any atom is -0.497 e. The van der Waals surface area contributed by atoms with Crippen LogP contribution in [0.5, 0.6) is 11.5 Å². The summed E-state index contributed by atoms with van der Waals surface area (Å²) in [7, 11) is -1.65. The Bertz CT molecular complexity index is 1730. The maximum absolute atomic E-state index is 13.3. The van der Waals surface area contributed by atoms with E-state index in [0.29, 0.717) is 17.9 Å². The molecule has 258 valence electrons. The molecule has 3 saturated heterocycles. The third-order valence-electron chi connectivity index (χ3n) is 9.62. The number of methoxy groups -OCH3 is 2. The van der Waals surface area contributed by atoms with E-state index in [0.717, 1.165) is 47.6 Å². The Balaban J connectivity index is 1.14. The van der Waals surface area contributed by atoms with E-state index in [4.69, 9.17) is 28.0 Å². The molecule has 49 heavy (non-hydrogen) atoms. The molecule has 0 aromatic heterocycles. The van der Waals surface area contributed by atoms with Crippen LogP contribution < -0.4 is 9.47 Å². The molecule has 0 bridgehead atoms. The molecule has 0 spiro atoms. The van der Waals surface area contributed by atoms with Gasteiger partial charge in [-0.15, -0.1) is 0 Å². The van der Waals surface area contributed by atoms with Gasteiger partial charge in [0, 0.05) is 19.2 Å². The fraction of sp³-hybridized carbons (Fsp3) is 0.368. The van der Waals surface area contributed by atoms with E-state index in [9.17, 15) is 8.42 Å². The van der Waals surface area contributed by atoms with Crippen molar-refractivity contribution in [2.75, 3.05) is 39.7 Å². The van der Waals surface area contributed by atoms with Gasteiger partial charge < -0.3 is 28.0 Å². The van der Waals surface area contributed by atoms with Crippen LogP contribution in [-0.2, 0) is 34.0 Å². The summed E-state index contributed by atoms with van der Waals surface area (Å²) in [5.74, 6) is 1.43. The van der Waals surface area contributed by atoms with Crippen LogP contribution >= 0.6 is 8.53 Å². The van der Waals surface area contributed by atoms with Gasteiger partial charge in [-0.25, -0.2) is 13.1 Å². The molecular weight excluding hydrogens is 661 g/mol. The number of hydrogen-bond acceptors (Lipinski definition) is 9.